The summed E-state index contributed by atoms with van der Waals surface area (Å²) in [4.78, 5) is 21.7. The molecule has 0 aliphatic rings. The number of ether oxygens (including phenoxy) is 1. The van der Waals surface area contributed by atoms with Crippen molar-refractivity contribution in [3.63, 3.8) is 0 Å². The number of carboxylic acid groups (broad SMARTS) is 1. The maximum absolute atomic E-state index is 11.4. The van der Waals surface area contributed by atoms with Crippen LogP contribution in [-0.2, 0) is 14.3 Å². The summed E-state index contributed by atoms with van der Waals surface area (Å²) in [5.74, 6) is 0.327. The maximum atomic E-state index is 11.4. The van der Waals surface area contributed by atoms with E-state index in [0.717, 1.165) is 12.8 Å². The predicted molar refractivity (Wildman–Crippen MR) is 86.1 cm³/mol. The van der Waals surface area contributed by atoms with Gasteiger partial charge in [0.2, 0.25) is 0 Å². The van der Waals surface area contributed by atoms with Crippen molar-refractivity contribution in [3.05, 3.63) is 0 Å². The Hall–Kier alpha value is -0.360. The van der Waals surface area contributed by atoms with Crippen molar-refractivity contribution < 1.29 is 19.4 Å². The van der Waals surface area contributed by atoms with E-state index in [4.69, 9.17) is 9.84 Å². The fraction of sp³-hybridized carbons (Fsp3) is 0.857. The molecule has 0 aromatic heterocycles. The van der Waals surface area contributed by atoms with E-state index in [9.17, 15) is 9.59 Å². The molecule has 0 heterocycles. The van der Waals surface area contributed by atoms with Crippen molar-refractivity contribution >= 4 is 33.5 Å². The van der Waals surface area contributed by atoms with Gasteiger partial charge in [-0.2, -0.15) is 0 Å². The van der Waals surface area contributed by atoms with Crippen LogP contribution in [-0.4, -0.2) is 35.2 Å². The summed E-state index contributed by atoms with van der Waals surface area (Å²) in [7, 11) is 3.02. The minimum Gasteiger partial charge on any atom is -0.481 e. The van der Waals surface area contributed by atoms with Crippen molar-refractivity contribution in [2.24, 2.45) is 0 Å². The molecule has 0 radical (unpaired) electrons. The topological polar surface area (TPSA) is 63.6 Å². The molecule has 0 bridgehead atoms. The Morgan fingerprint density at radius 3 is 2.20 bits per heavy atom. The van der Waals surface area contributed by atoms with E-state index < -0.39 is 5.97 Å². The standard InChI is InChI=1S/C14H26O4S2/c1-2-3-4-5-6-7-10-18-14(17)9-12-20-19-11-8-13(15)16/h2-12H2,1H3,(H,15,16). The van der Waals surface area contributed by atoms with Crippen molar-refractivity contribution in [2.45, 2.75) is 58.3 Å². The molecule has 0 amide bonds. The molecule has 118 valence electrons. The SMILES string of the molecule is CCCCCCCCOC(=O)CCSSCCC(=O)O. The minimum absolute atomic E-state index is 0.148. The van der Waals surface area contributed by atoms with Crippen LogP contribution in [0.25, 0.3) is 0 Å². The molecule has 0 aromatic rings. The molecular formula is C14H26O4S2. The summed E-state index contributed by atoms with van der Waals surface area (Å²) in [5.41, 5.74) is 0. The molecule has 0 unspecified atom stereocenters. The number of unbranched alkanes of at least 4 members (excludes halogenated alkanes) is 5. The third kappa shape index (κ3) is 15.7. The van der Waals surface area contributed by atoms with Gasteiger partial charge in [0.05, 0.1) is 19.4 Å². The highest BCUT2D eigenvalue weighted by Crippen LogP contribution is 2.22. The van der Waals surface area contributed by atoms with Gasteiger partial charge in [-0.15, -0.1) is 0 Å². The lowest BCUT2D eigenvalue weighted by Gasteiger charge is -2.04. The van der Waals surface area contributed by atoms with Gasteiger partial charge in [-0.25, -0.2) is 0 Å². The summed E-state index contributed by atoms with van der Waals surface area (Å²) in [6, 6.07) is 0. The highest BCUT2D eigenvalue weighted by molar-refractivity contribution is 8.76. The van der Waals surface area contributed by atoms with Gasteiger partial charge in [-0.05, 0) is 6.42 Å². The molecule has 6 heteroatoms. The van der Waals surface area contributed by atoms with Crippen molar-refractivity contribution in [3.8, 4) is 0 Å². The van der Waals surface area contributed by atoms with Gasteiger partial charge in [-0.1, -0.05) is 60.6 Å². The van der Waals surface area contributed by atoms with Gasteiger partial charge in [0.25, 0.3) is 0 Å². The number of carbonyl (C=O) groups excluding carboxylic acids is 1. The monoisotopic (exact) mass is 322 g/mol. The molecule has 0 aliphatic carbocycles. The van der Waals surface area contributed by atoms with Gasteiger partial charge >= 0.3 is 11.9 Å². The van der Waals surface area contributed by atoms with Gasteiger partial charge in [0, 0.05) is 11.5 Å². The number of hydrogen-bond donors (Lipinski definition) is 1. The Bertz CT molecular complexity index is 260. The van der Waals surface area contributed by atoms with Crippen LogP contribution in [0, 0.1) is 0 Å². The third-order valence-corrected chi connectivity index (χ3v) is 5.04. The Labute approximate surface area is 129 Å². The maximum Gasteiger partial charge on any atom is 0.306 e. The highest BCUT2D eigenvalue weighted by Gasteiger charge is 2.03. The number of aliphatic carboxylic acids is 1. The fourth-order valence-corrected chi connectivity index (χ4v) is 3.46. The van der Waals surface area contributed by atoms with Crippen LogP contribution in [0.4, 0.5) is 0 Å². The molecule has 0 fully saturated rings. The predicted octanol–water partition coefficient (Wildman–Crippen LogP) is 4.14. The van der Waals surface area contributed by atoms with E-state index in [1.807, 2.05) is 0 Å². The van der Waals surface area contributed by atoms with Crippen molar-refractivity contribution in [2.75, 3.05) is 18.1 Å². The van der Waals surface area contributed by atoms with E-state index in [-0.39, 0.29) is 12.4 Å². The lowest BCUT2D eigenvalue weighted by atomic mass is 10.1. The largest absolute Gasteiger partial charge is 0.481 e. The first-order valence-corrected chi connectivity index (χ1v) is 9.77. The Morgan fingerprint density at radius 2 is 1.55 bits per heavy atom. The van der Waals surface area contributed by atoms with Gasteiger partial charge < -0.3 is 9.84 Å². The Balaban J connectivity index is 3.19. The number of carbonyl (C=O) groups is 2. The van der Waals surface area contributed by atoms with Crippen LogP contribution in [0.2, 0.25) is 0 Å². The molecule has 4 nitrogen and oxygen atoms in total. The van der Waals surface area contributed by atoms with E-state index in [1.165, 1.54) is 47.3 Å². The second-order valence-electron chi connectivity index (χ2n) is 4.53. The number of hydrogen-bond acceptors (Lipinski definition) is 5. The average molecular weight is 322 g/mol. The second kappa shape index (κ2) is 15.0. The molecule has 1 N–H and O–H groups in total. The van der Waals surface area contributed by atoms with Crippen LogP contribution in [0.5, 0.6) is 0 Å². The van der Waals surface area contributed by atoms with E-state index in [1.54, 1.807) is 0 Å². The quantitative estimate of drug-likeness (QED) is 0.295. The molecule has 0 atom stereocenters. The average Bonchev–Trinajstić information content (AvgIpc) is 2.41. The van der Waals surface area contributed by atoms with Crippen LogP contribution >= 0.6 is 21.6 Å². The zero-order chi connectivity index (χ0) is 15.1. The molecule has 0 rings (SSSR count). The van der Waals surface area contributed by atoms with E-state index in [2.05, 4.69) is 6.92 Å². The summed E-state index contributed by atoms with van der Waals surface area (Å²) >= 11 is 0. The molecule has 0 aliphatic heterocycles. The van der Waals surface area contributed by atoms with Crippen LogP contribution in [0.3, 0.4) is 0 Å². The minimum atomic E-state index is -0.781. The summed E-state index contributed by atoms with van der Waals surface area (Å²) < 4.78 is 5.14. The van der Waals surface area contributed by atoms with Crippen LogP contribution in [0.1, 0.15) is 58.3 Å². The zero-order valence-electron chi connectivity index (χ0n) is 12.3. The van der Waals surface area contributed by atoms with Crippen LogP contribution < -0.4 is 0 Å². The lowest BCUT2D eigenvalue weighted by molar-refractivity contribution is -0.143. The van der Waals surface area contributed by atoms with Crippen molar-refractivity contribution in [1.82, 2.24) is 0 Å². The molecule has 0 saturated carbocycles. The van der Waals surface area contributed by atoms with Gasteiger partial charge in [0.15, 0.2) is 0 Å². The summed E-state index contributed by atoms with van der Waals surface area (Å²) in [5, 5.41) is 8.45. The first-order chi connectivity index (χ1) is 9.66. The first kappa shape index (κ1) is 19.6. The molecule has 0 aromatic carbocycles. The first-order valence-electron chi connectivity index (χ1n) is 7.28. The van der Waals surface area contributed by atoms with E-state index >= 15 is 0 Å². The number of esters is 1. The van der Waals surface area contributed by atoms with Crippen LogP contribution in [0.15, 0.2) is 0 Å². The smallest absolute Gasteiger partial charge is 0.306 e. The molecule has 20 heavy (non-hydrogen) atoms. The Kier molecular flexibility index (Phi) is 14.8. The summed E-state index contributed by atoms with van der Waals surface area (Å²) in [6.07, 6.45) is 7.69. The molecule has 0 spiro atoms. The lowest BCUT2D eigenvalue weighted by Crippen LogP contribution is -2.06. The van der Waals surface area contributed by atoms with Gasteiger partial charge in [-0.3, -0.25) is 9.59 Å². The summed E-state index contributed by atoms with van der Waals surface area (Å²) in [6.45, 7) is 2.72. The normalized spacial score (nSPS) is 10.4. The zero-order valence-corrected chi connectivity index (χ0v) is 13.9. The Morgan fingerprint density at radius 1 is 0.950 bits per heavy atom. The second-order valence-corrected chi connectivity index (χ2v) is 7.23. The van der Waals surface area contributed by atoms with E-state index in [0.29, 0.717) is 24.5 Å². The number of carboxylic acids is 1. The molecular weight excluding hydrogens is 296 g/mol. The third-order valence-electron chi connectivity index (χ3n) is 2.63. The van der Waals surface area contributed by atoms with Crippen molar-refractivity contribution in [1.29, 1.82) is 0 Å². The van der Waals surface area contributed by atoms with Gasteiger partial charge in [0.1, 0.15) is 0 Å². The highest BCUT2D eigenvalue weighted by atomic mass is 33.1. The number of rotatable bonds is 14. The molecule has 0 saturated heterocycles. The fourth-order valence-electron chi connectivity index (χ4n) is 1.51.